The predicted molar refractivity (Wildman–Crippen MR) is 259 cm³/mol. The molecular formula is C57H82. The molecule has 57 heavy (non-hydrogen) atoms. The third-order valence-electron chi connectivity index (χ3n) is 10.5. The molecule has 0 amide bonds. The van der Waals surface area contributed by atoms with E-state index in [9.17, 15) is 0 Å². The zero-order valence-electron chi connectivity index (χ0n) is 38.8. The van der Waals surface area contributed by atoms with Gasteiger partial charge in [0.05, 0.1) is 0 Å². The topological polar surface area (TPSA) is 0 Å². The highest BCUT2D eigenvalue weighted by Gasteiger charge is 2.14. The SMILES string of the molecule is C=CC(C)Cc1ccc(C(C)(C)C)cc1.C=CC(C)Cc1ccc(C(C)C)cc1.C=CCC(C)c1cccc(C(C)C)c1.C=CCCc1ccc(C(C)(C)C)cc1. The van der Waals surface area contributed by atoms with Crippen LogP contribution in [0.4, 0.5) is 0 Å². The van der Waals surface area contributed by atoms with Crippen LogP contribution in [0, 0.1) is 11.8 Å². The van der Waals surface area contributed by atoms with Crippen LogP contribution in [0.3, 0.4) is 0 Å². The second-order valence-corrected chi connectivity index (χ2v) is 18.7. The van der Waals surface area contributed by atoms with E-state index in [1.807, 2.05) is 24.3 Å². The fraction of sp³-hybridized carbons (Fsp3) is 0.439. The predicted octanol–water partition coefficient (Wildman–Crippen LogP) is 17.1. The highest BCUT2D eigenvalue weighted by atomic mass is 14.2. The van der Waals surface area contributed by atoms with Crippen molar-refractivity contribution in [2.75, 3.05) is 0 Å². The summed E-state index contributed by atoms with van der Waals surface area (Å²) in [6.45, 7) is 44.2. The number of rotatable bonds is 14. The van der Waals surface area contributed by atoms with Crippen molar-refractivity contribution in [3.63, 3.8) is 0 Å². The minimum absolute atomic E-state index is 0.253. The van der Waals surface area contributed by atoms with Crippen molar-refractivity contribution < 1.29 is 0 Å². The van der Waals surface area contributed by atoms with E-state index < -0.39 is 0 Å². The van der Waals surface area contributed by atoms with Crippen molar-refractivity contribution in [1.82, 2.24) is 0 Å². The molecule has 4 rings (SSSR count). The third kappa shape index (κ3) is 20.7. The maximum atomic E-state index is 3.81. The molecule has 4 aromatic rings. The lowest BCUT2D eigenvalue weighted by Crippen LogP contribution is -2.10. The molecule has 0 heterocycles. The first kappa shape index (κ1) is 50.9. The molecule has 0 saturated carbocycles. The van der Waals surface area contributed by atoms with Crippen LogP contribution in [0.2, 0.25) is 0 Å². The Labute approximate surface area is 353 Å². The van der Waals surface area contributed by atoms with Gasteiger partial charge in [-0.05, 0) is 117 Å². The van der Waals surface area contributed by atoms with Gasteiger partial charge in [-0.2, -0.15) is 0 Å². The van der Waals surface area contributed by atoms with E-state index in [4.69, 9.17) is 0 Å². The largest absolute Gasteiger partial charge is 0.103 e. The molecule has 4 aromatic carbocycles. The van der Waals surface area contributed by atoms with E-state index in [0.717, 1.165) is 32.1 Å². The van der Waals surface area contributed by atoms with Crippen molar-refractivity contribution in [2.24, 2.45) is 11.8 Å². The molecule has 0 aromatic heterocycles. The summed E-state index contributed by atoms with van der Waals surface area (Å²) in [5.41, 5.74) is 11.8. The summed E-state index contributed by atoms with van der Waals surface area (Å²) >= 11 is 0. The lowest BCUT2D eigenvalue weighted by Gasteiger charge is -2.19. The van der Waals surface area contributed by atoms with Crippen molar-refractivity contribution in [1.29, 1.82) is 0 Å². The van der Waals surface area contributed by atoms with Crippen molar-refractivity contribution >= 4 is 0 Å². The Morgan fingerprint density at radius 3 is 1.25 bits per heavy atom. The molecule has 0 aliphatic carbocycles. The summed E-state index contributed by atoms with van der Waals surface area (Å²) < 4.78 is 0. The lowest BCUT2D eigenvalue weighted by molar-refractivity contribution is 0.589. The van der Waals surface area contributed by atoms with E-state index in [0.29, 0.717) is 29.6 Å². The molecule has 0 heteroatoms. The standard InChI is InChI=1S/C15H22.3C14H20/c1-6-12(2)11-13-7-9-14(10-8-13)15(3,4)5;1-5-12(4)10-13-6-8-14(9-7-13)11(2)3;1-5-7-12(4)14-9-6-8-13(10-14)11(2)3;1-5-6-7-12-8-10-13(11-9-12)14(2,3)4/h6-10,12H,1,11H2,2-5H3;5-9,11-12H,1,10H2,2-4H3;5-6,8-12H,1,7H2,2-4H3;5,8-11H,1,6-7H2,2-4H3. The number of hydrogen-bond donors (Lipinski definition) is 0. The Morgan fingerprint density at radius 2 is 0.877 bits per heavy atom. The number of aryl methyl sites for hydroxylation is 1. The normalized spacial score (nSPS) is 12.7. The van der Waals surface area contributed by atoms with Gasteiger partial charge in [0.2, 0.25) is 0 Å². The van der Waals surface area contributed by atoms with Crippen molar-refractivity contribution in [3.05, 3.63) is 192 Å². The van der Waals surface area contributed by atoms with Crippen LogP contribution < -0.4 is 0 Å². The van der Waals surface area contributed by atoms with Gasteiger partial charge in [0.1, 0.15) is 0 Å². The number of benzene rings is 4. The minimum atomic E-state index is 0.253. The average molecular weight is 767 g/mol. The number of hydrogen-bond acceptors (Lipinski definition) is 0. The smallest absolute Gasteiger partial charge is 0.0132 e. The van der Waals surface area contributed by atoms with Gasteiger partial charge in [0.15, 0.2) is 0 Å². The van der Waals surface area contributed by atoms with Crippen molar-refractivity contribution in [2.45, 2.75) is 151 Å². The molecular weight excluding hydrogens is 685 g/mol. The van der Waals surface area contributed by atoms with Gasteiger partial charge >= 0.3 is 0 Å². The summed E-state index contributed by atoms with van der Waals surface area (Å²) in [6.07, 6.45) is 13.4. The molecule has 0 radical (unpaired) electrons. The van der Waals surface area contributed by atoms with Crippen LogP contribution >= 0.6 is 0 Å². The van der Waals surface area contributed by atoms with Gasteiger partial charge < -0.3 is 0 Å². The first-order chi connectivity index (χ1) is 26.7. The molecule has 0 N–H and O–H groups in total. The Balaban J connectivity index is 0.000000380. The van der Waals surface area contributed by atoms with Crippen LogP contribution in [0.5, 0.6) is 0 Å². The maximum absolute atomic E-state index is 3.81. The van der Waals surface area contributed by atoms with Crippen molar-refractivity contribution in [3.8, 4) is 0 Å². The van der Waals surface area contributed by atoms with Crippen LogP contribution in [0.15, 0.2) is 148 Å². The average Bonchev–Trinajstić information content (AvgIpc) is 3.17. The fourth-order valence-electron chi connectivity index (χ4n) is 6.14. The van der Waals surface area contributed by atoms with Gasteiger partial charge in [-0.25, -0.2) is 0 Å². The van der Waals surface area contributed by atoms with Gasteiger partial charge in [0, 0.05) is 0 Å². The molecule has 0 aliphatic heterocycles. The molecule has 0 saturated heterocycles. The highest BCUT2D eigenvalue weighted by Crippen LogP contribution is 2.25. The Bertz CT molecular complexity index is 1700. The van der Waals surface area contributed by atoms with Gasteiger partial charge in [-0.15, -0.1) is 26.3 Å². The summed E-state index contributed by atoms with van der Waals surface area (Å²) in [7, 11) is 0. The van der Waals surface area contributed by atoms with Crippen LogP contribution in [-0.2, 0) is 30.1 Å². The summed E-state index contributed by atoms with van der Waals surface area (Å²) in [6, 6.07) is 35.7. The highest BCUT2D eigenvalue weighted by molar-refractivity contribution is 5.30. The quantitative estimate of drug-likeness (QED) is 0.112. The van der Waals surface area contributed by atoms with E-state index in [1.165, 1.54) is 44.5 Å². The molecule has 3 atom stereocenters. The molecule has 0 aliphatic rings. The van der Waals surface area contributed by atoms with Crippen LogP contribution in [-0.4, -0.2) is 0 Å². The second-order valence-electron chi connectivity index (χ2n) is 18.7. The Hall–Kier alpha value is -4.16. The zero-order valence-corrected chi connectivity index (χ0v) is 38.8. The van der Waals surface area contributed by atoms with Gasteiger partial charge in [-0.1, -0.05) is 211 Å². The van der Waals surface area contributed by atoms with Crippen LogP contribution in [0.25, 0.3) is 0 Å². The lowest BCUT2D eigenvalue weighted by atomic mass is 9.86. The first-order valence-electron chi connectivity index (χ1n) is 21.6. The summed E-state index contributed by atoms with van der Waals surface area (Å²) in [4.78, 5) is 0. The van der Waals surface area contributed by atoms with E-state index >= 15 is 0 Å². The van der Waals surface area contributed by atoms with E-state index in [2.05, 4.69) is 213 Å². The fourth-order valence-corrected chi connectivity index (χ4v) is 6.14. The summed E-state index contributed by atoms with van der Waals surface area (Å²) in [5.74, 6) is 2.96. The molecule has 0 bridgehead atoms. The molecule has 0 nitrogen and oxygen atoms in total. The molecule has 0 fully saturated rings. The Kier molecular flexibility index (Phi) is 23.2. The third-order valence-corrected chi connectivity index (χ3v) is 10.5. The van der Waals surface area contributed by atoms with Gasteiger partial charge in [0.25, 0.3) is 0 Å². The first-order valence-corrected chi connectivity index (χ1v) is 21.6. The number of allylic oxidation sites excluding steroid dienone is 4. The summed E-state index contributed by atoms with van der Waals surface area (Å²) in [5, 5.41) is 0. The van der Waals surface area contributed by atoms with Crippen LogP contribution in [0.1, 0.15) is 165 Å². The minimum Gasteiger partial charge on any atom is -0.103 e. The monoisotopic (exact) mass is 767 g/mol. The zero-order chi connectivity index (χ0) is 43.2. The molecule has 310 valence electrons. The maximum Gasteiger partial charge on any atom is -0.0132 e. The van der Waals surface area contributed by atoms with E-state index in [1.54, 1.807) is 0 Å². The molecule has 0 spiro atoms. The second kappa shape index (κ2) is 26.0. The van der Waals surface area contributed by atoms with Gasteiger partial charge in [-0.3, -0.25) is 0 Å². The Morgan fingerprint density at radius 1 is 0.474 bits per heavy atom. The molecule has 3 unspecified atom stereocenters. The van der Waals surface area contributed by atoms with E-state index in [-0.39, 0.29) is 10.8 Å².